The van der Waals surface area contributed by atoms with Crippen molar-refractivity contribution in [2.75, 3.05) is 11.1 Å². The van der Waals surface area contributed by atoms with E-state index in [4.69, 9.17) is 11.0 Å². The van der Waals surface area contributed by atoms with Crippen LogP contribution in [0, 0.1) is 11.3 Å². The van der Waals surface area contributed by atoms with E-state index in [0.29, 0.717) is 11.3 Å². The highest BCUT2D eigenvalue weighted by molar-refractivity contribution is 7.91. The van der Waals surface area contributed by atoms with E-state index in [9.17, 15) is 13.2 Å². The molecule has 0 saturated heterocycles. The summed E-state index contributed by atoms with van der Waals surface area (Å²) >= 11 is 0. The fraction of sp³-hybridized carbons (Fsp3) is 0.0667. The number of hydrogen-bond donors (Lipinski definition) is 2. The Hall–Kier alpha value is -2.85. The highest BCUT2D eigenvalue weighted by Gasteiger charge is 2.18. The number of benzene rings is 2. The van der Waals surface area contributed by atoms with Crippen LogP contribution in [0.25, 0.3) is 0 Å². The van der Waals surface area contributed by atoms with Crippen molar-refractivity contribution in [3.63, 3.8) is 0 Å². The number of hydrogen-bond acceptors (Lipinski definition) is 5. The van der Waals surface area contributed by atoms with E-state index >= 15 is 0 Å². The molecule has 0 fully saturated rings. The number of anilines is 2. The van der Waals surface area contributed by atoms with Crippen LogP contribution < -0.4 is 11.1 Å². The molecule has 0 saturated carbocycles. The molecule has 0 aliphatic heterocycles. The zero-order valence-electron chi connectivity index (χ0n) is 11.7. The largest absolute Gasteiger partial charge is 0.397 e. The van der Waals surface area contributed by atoms with Crippen LogP contribution in [0.4, 0.5) is 11.4 Å². The zero-order valence-corrected chi connectivity index (χ0v) is 12.5. The molecule has 0 radical (unpaired) electrons. The van der Waals surface area contributed by atoms with E-state index in [0.717, 1.165) is 0 Å². The molecule has 0 heterocycles. The molecule has 0 unspecified atom stereocenters. The van der Waals surface area contributed by atoms with Gasteiger partial charge in [0.15, 0.2) is 0 Å². The van der Waals surface area contributed by atoms with Gasteiger partial charge in [0.25, 0.3) is 0 Å². The number of carbonyl (C=O) groups excluding carboxylic acids is 1. The SMILES string of the molecule is CC(=O)Nc1ccc(S(=O)(=O)c2ccc(C#N)cc2)cc1N. The van der Waals surface area contributed by atoms with Gasteiger partial charge in [-0.05, 0) is 42.5 Å². The molecule has 0 aromatic heterocycles. The summed E-state index contributed by atoms with van der Waals surface area (Å²) in [6.07, 6.45) is 0. The van der Waals surface area contributed by atoms with E-state index in [2.05, 4.69) is 5.32 Å². The number of carbonyl (C=O) groups is 1. The molecule has 2 aromatic carbocycles. The molecule has 22 heavy (non-hydrogen) atoms. The van der Waals surface area contributed by atoms with Gasteiger partial charge in [-0.2, -0.15) is 5.26 Å². The molecule has 3 N–H and O–H groups in total. The molecule has 0 aliphatic rings. The molecule has 0 atom stereocenters. The van der Waals surface area contributed by atoms with Crippen LogP contribution in [-0.2, 0) is 14.6 Å². The third-order valence-electron chi connectivity index (χ3n) is 2.94. The summed E-state index contributed by atoms with van der Waals surface area (Å²) in [5.41, 5.74) is 6.65. The summed E-state index contributed by atoms with van der Waals surface area (Å²) in [6, 6.07) is 11.6. The summed E-state index contributed by atoms with van der Waals surface area (Å²) in [6.45, 7) is 1.33. The Kier molecular flexibility index (Phi) is 4.15. The van der Waals surface area contributed by atoms with E-state index in [1.807, 2.05) is 6.07 Å². The third-order valence-corrected chi connectivity index (χ3v) is 4.71. The van der Waals surface area contributed by atoms with Gasteiger partial charge in [0.05, 0.1) is 32.8 Å². The van der Waals surface area contributed by atoms with Crippen molar-refractivity contribution in [1.82, 2.24) is 0 Å². The van der Waals surface area contributed by atoms with Gasteiger partial charge in [-0.15, -0.1) is 0 Å². The maximum absolute atomic E-state index is 12.5. The highest BCUT2D eigenvalue weighted by atomic mass is 32.2. The summed E-state index contributed by atoms with van der Waals surface area (Å²) in [5, 5.41) is 11.2. The van der Waals surface area contributed by atoms with Gasteiger partial charge in [0, 0.05) is 6.92 Å². The number of nitrogens with one attached hydrogen (secondary N) is 1. The van der Waals surface area contributed by atoms with Gasteiger partial charge >= 0.3 is 0 Å². The van der Waals surface area contributed by atoms with Crippen molar-refractivity contribution in [3.05, 3.63) is 48.0 Å². The van der Waals surface area contributed by atoms with Crippen LogP contribution >= 0.6 is 0 Å². The van der Waals surface area contributed by atoms with Crippen molar-refractivity contribution in [1.29, 1.82) is 5.26 Å². The van der Waals surface area contributed by atoms with Crippen LogP contribution in [0.15, 0.2) is 52.3 Å². The Morgan fingerprint density at radius 1 is 1.14 bits per heavy atom. The molecule has 0 spiro atoms. The highest BCUT2D eigenvalue weighted by Crippen LogP contribution is 2.27. The lowest BCUT2D eigenvalue weighted by Gasteiger charge is -2.09. The molecule has 7 heteroatoms. The second kappa shape index (κ2) is 5.87. The summed E-state index contributed by atoms with van der Waals surface area (Å²) < 4.78 is 25.0. The van der Waals surface area contributed by atoms with Crippen LogP contribution in [0.3, 0.4) is 0 Å². The quantitative estimate of drug-likeness (QED) is 0.840. The second-order valence-electron chi connectivity index (χ2n) is 4.57. The Morgan fingerprint density at radius 2 is 1.73 bits per heavy atom. The number of rotatable bonds is 3. The minimum atomic E-state index is -3.73. The van der Waals surface area contributed by atoms with Crippen molar-refractivity contribution in [2.45, 2.75) is 16.7 Å². The molecule has 2 aromatic rings. The maximum atomic E-state index is 12.5. The second-order valence-corrected chi connectivity index (χ2v) is 6.52. The first-order chi connectivity index (χ1) is 10.3. The zero-order chi connectivity index (χ0) is 16.3. The van der Waals surface area contributed by atoms with Gasteiger partial charge in [-0.25, -0.2) is 8.42 Å². The van der Waals surface area contributed by atoms with Crippen LogP contribution in [0.1, 0.15) is 12.5 Å². The molecule has 0 bridgehead atoms. The van der Waals surface area contributed by atoms with Crippen LogP contribution in [0.2, 0.25) is 0 Å². The smallest absolute Gasteiger partial charge is 0.221 e. The topological polar surface area (TPSA) is 113 Å². The first kappa shape index (κ1) is 15.5. The molecule has 1 amide bonds. The average molecular weight is 315 g/mol. The number of nitrogen functional groups attached to an aromatic ring is 1. The summed E-state index contributed by atoms with van der Waals surface area (Å²) in [5.74, 6) is -0.297. The van der Waals surface area contributed by atoms with Crippen LogP contribution in [-0.4, -0.2) is 14.3 Å². The first-order valence-electron chi connectivity index (χ1n) is 6.27. The Morgan fingerprint density at radius 3 is 2.23 bits per heavy atom. The third kappa shape index (κ3) is 3.07. The molecule has 112 valence electrons. The number of nitrogens with two attached hydrogens (primary N) is 1. The van der Waals surface area contributed by atoms with Gasteiger partial charge in [0.1, 0.15) is 0 Å². The van der Waals surface area contributed by atoms with E-state index in [1.165, 1.54) is 49.4 Å². The minimum Gasteiger partial charge on any atom is -0.397 e. The predicted molar refractivity (Wildman–Crippen MR) is 81.8 cm³/mol. The minimum absolute atomic E-state index is 0.0174. The standard InChI is InChI=1S/C15H13N3O3S/c1-10(19)18-15-7-6-13(8-14(15)17)22(20,21)12-4-2-11(9-16)3-5-12/h2-8H,17H2,1H3,(H,18,19). The molecular weight excluding hydrogens is 302 g/mol. The molecule has 2 rings (SSSR count). The number of nitriles is 1. The van der Waals surface area contributed by atoms with Crippen molar-refractivity contribution in [2.24, 2.45) is 0 Å². The van der Waals surface area contributed by atoms with E-state index in [1.54, 1.807) is 0 Å². The van der Waals surface area contributed by atoms with E-state index in [-0.39, 0.29) is 21.4 Å². The fourth-order valence-corrected chi connectivity index (χ4v) is 3.15. The lowest BCUT2D eigenvalue weighted by atomic mass is 10.2. The van der Waals surface area contributed by atoms with Crippen molar-refractivity contribution < 1.29 is 13.2 Å². The number of sulfone groups is 1. The van der Waals surface area contributed by atoms with Gasteiger partial charge < -0.3 is 11.1 Å². The molecule has 0 aliphatic carbocycles. The average Bonchev–Trinajstić information content (AvgIpc) is 2.49. The van der Waals surface area contributed by atoms with Crippen molar-refractivity contribution in [3.8, 4) is 6.07 Å². The van der Waals surface area contributed by atoms with Crippen molar-refractivity contribution >= 4 is 27.1 Å². The normalized spacial score (nSPS) is 10.7. The van der Waals surface area contributed by atoms with Gasteiger partial charge in [-0.1, -0.05) is 0 Å². The first-order valence-corrected chi connectivity index (χ1v) is 7.75. The van der Waals surface area contributed by atoms with Gasteiger partial charge in [0.2, 0.25) is 15.7 Å². The van der Waals surface area contributed by atoms with Gasteiger partial charge in [-0.3, -0.25) is 4.79 Å². The predicted octanol–water partition coefficient (Wildman–Crippen LogP) is 1.93. The Labute approximate surface area is 128 Å². The fourth-order valence-electron chi connectivity index (χ4n) is 1.86. The lowest BCUT2D eigenvalue weighted by Crippen LogP contribution is -2.09. The maximum Gasteiger partial charge on any atom is 0.221 e. The summed E-state index contributed by atoms with van der Waals surface area (Å²) in [4.78, 5) is 11.1. The lowest BCUT2D eigenvalue weighted by molar-refractivity contribution is -0.114. The van der Waals surface area contributed by atoms with E-state index < -0.39 is 9.84 Å². The Bertz CT molecular complexity index is 866. The number of nitrogens with zero attached hydrogens (tertiary/aromatic N) is 1. The monoisotopic (exact) mass is 315 g/mol. The number of amides is 1. The molecular formula is C15H13N3O3S. The Balaban J connectivity index is 2.43. The summed E-state index contributed by atoms with van der Waals surface area (Å²) in [7, 11) is -3.73. The molecule has 6 nitrogen and oxygen atoms in total. The van der Waals surface area contributed by atoms with Crippen LogP contribution in [0.5, 0.6) is 0 Å².